The van der Waals surface area contributed by atoms with Gasteiger partial charge >= 0.3 is 0 Å². The van der Waals surface area contributed by atoms with Crippen molar-refractivity contribution in [1.82, 2.24) is 0 Å². The molecule has 0 aromatic heterocycles. The number of aryl methyl sites for hydroxylation is 4. The molecule has 0 heterocycles. The van der Waals surface area contributed by atoms with Crippen LogP contribution in [0.5, 0.6) is 0 Å². The highest BCUT2D eigenvalue weighted by Crippen LogP contribution is 2.34. The summed E-state index contributed by atoms with van der Waals surface area (Å²) in [6.07, 6.45) is 1.06. The van der Waals surface area contributed by atoms with Gasteiger partial charge in [0.25, 0.3) is 0 Å². The molecule has 2 N–H and O–H groups in total. The van der Waals surface area contributed by atoms with Gasteiger partial charge in [-0.2, -0.15) is 0 Å². The fourth-order valence-corrected chi connectivity index (χ4v) is 5.26. The fraction of sp³-hybridized carbons (Fsp3) is 0.333. The zero-order valence-corrected chi connectivity index (χ0v) is 13.8. The quantitative estimate of drug-likeness (QED) is 0.857. The standard InChI is InChI=1S/C18H24NP/c1-13-7-14(2)10-17(9-13)20(6-5-19)18-11-15(3)8-16(4)12-18/h7-12H,5-6,19H2,1-4H3. The van der Waals surface area contributed by atoms with Crippen LogP contribution >= 0.6 is 7.92 Å². The second-order valence-electron chi connectivity index (χ2n) is 5.63. The minimum Gasteiger partial charge on any atom is -0.330 e. The first-order valence-corrected chi connectivity index (χ1v) is 8.66. The van der Waals surface area contributed by atoms with Crippen LogP contribution in [0.4, 0.5) is 0 Å². The smallest absolute Gasteiger partial charge is 0.00318 e. The van der Waals surface area contributed by atoms with Gasteiger partial charge in [-0.25, -0.2) is 0 Å². The van der Waals surface area contributed by atoms with Crippen LogP contribution in [0.2, 0.25) is 0 Å². The van der Waals surface area contributed by atoms with Crippen LogP contribution in [0, 0.1) is 27.7 Å². The van der Waals surface area contributed by atoms with Gasteiger partial charge in [-0.05, 0) is 58.9 Å². The maximum atomic E-state index is 5.87. The topological polar surface area (TPSA) is 26.0 Å². The van der Waals surface area contributed by atoms with E-state index in [9.17, 15) is 0 Å². The number of rotatable bonds is 4. The summed E-state index contributed by atoms with van der Waals surface area (Å²) in [4.78, 5) is 0. The molecule has 106 valence electrons. The van der Waals surface area contributed by atoms with E-state index in [1.807, 2.05) is 0 Å². The molecule has 0 saturated carbocycles. The SMILES string of the molecule is Cc1cc(C)cc(P(CCN)c2cc(C)cc(C)c2)c1. The summed E-state index contributed by atoms with van der Waals surface area (Å²) in [6, 6.07) is 13.8. The summed E-state index contributed by atoms with van der Waals surface area (Å²) in [5, 5.41) is 2.90. The van der Waals surface area contributed by atoms with Crippen molar-refractivity contribution >= 4 is 18.5 Å². The van der Waals surface area contributed by atoms with Crippen LogP contribution < -0.4 is 16.3 Å². The minimum absolute atomic E-state index is 0.341. The van der Waals surface area contributed by atoms with E-state index in [2.05, 4.69) is 64.1 Å². The lowest BCUT2D eigenvalue weighted by Crippen LogP contribution is -2.19. The van der Waals surface area contributed by atoms with Crippen molar-refractivity contribution in [3.8, 4) is 0 Å². The molecule has 0 atom stereocenters. The molecule has 1 nitrogen and oxygen atoms in total. The first-order valence-electron chi connectivity index (χ1n) is 7.14. The Balaban J connectivity index is 2.49. The molecule has 0 spiro atoms. The van der Waals surface area contributed by atoms with E-state index >= 15 is 0 Å². The highest BCUT2D eigenvalue weighted by molar-refractivity contribution is 7.73. The maximum Gasteiger partial charge on any atom is -0.00318 e. The van der Waals surface area contributed by atoms with E-state index in [0.717, 1.165) is 12.7 Å². The molecule has 0 bridgehead atoms. The third kappa shape index (κ3) is 3.69. The van der Waals surface area contributed by atoms with Gasteiger partial charge in [0.15, 0.2) is 0 Å². The summed E-state index contributed by atoms with van der Waals surface area (Å²) in [6.45, 7) is 9.44. The maximum absolute atomic E-state index is 5.87. The molecular weight excluding hydrogens is 261 g/mol. The van der Waals surface area contributed by atoms with E-state index in [1.165, 1.54) is 32.9 Å². The van der Waals surface area contributed by atoms with Crippen molar-refractivity contribution in [3.05, 3.63) is 58.7 Å². The molecule has 0 radical (unpaired) electrons. The zero-order chi connectivity index (χ0) is 14.7. The van der Waals surface area contributed by atoms with Crippen molar-refractivity contribution in [2.45, 2.75) is 27.7 Å². The average Bonchev–Trinajstić information content (AvgIpc) is 2.33. The van der Waals surface area contributed by atoms with Crippen molar-refractivity contribution < 1.29 is 0 Å². The third-order valence-corrected chi connectivity index (χ3v) is 5.86. The van der Waals surface area contributed by atoms with Crippen LogP contribution in [-0.2, 0) is 0 Å². The van der Waals surface area contributed by atoms with Gasteiger partial charge in [0.05, 0.1) is 0 Å². The Kier molecular flexibility index (Phi) is 4.96. The van der Waals surface area contributed by atoms with E-state index in [-0.39, 0.29) is 7.92 Å². The van der Waals surface area contributed by atoms with E-state index < -0.39 is 0 Å². The summed E-state index contributed by atoms with van der Waals surface area (Å²) in [5.74, 6) is 0. The van der Waals surface area contributed by atoms with Gasteiger partial charge in [0.2, 0.25) is 0 Å². The van der Waals surface area contributed by atoms with E-state index in [4.69, 9.17) is 5.73 Å². The Hall–Kier alpha value is -1.17. The van der Waals surface area contributed by atoms with Crippen LogP contribution in [0.15, 0.2) is 36.4 Å². The van der Waals surface area contributed by atoms with E-state index in [0.29, 0.717) is 0 Å². The Bertz CT molecular complexity index is 512. The molecule has 2 aromatic rings. The summed E-state index contributed by atoms with van der Waals surface area (Å²) in [5.41, 5.74) is 11.2. The number of benzene rings is 2. The Morgan fingerprint density at radius 3 is 1.35 bits per heavy atom. The molecule has 0 unspecified atom stereocenters. The highest BCUT2D eigenvalue weighted by atomic mass is 31.1. The molecule has 0 amide bonds. The van der Waals surface area contributed by atoms with Gasteiger partial charge in [-0.3, -0.25) is 0 Å². The molecule has 0 fully saturated rings. The molecule has 2 aromatic carbocycles. The predicted molar refractivity (Wildman–Crippen MR) is 91.9 cm³/mol. The highest BCUT2D eigenvalue weighted by Gasteiger charge is 2.14. The van der Waals surface area contributed by atoms with Crippen LogP contribution in [-0.4, -0.2) is 12.7 Å². The van der Waals surface area contributed by atoms with Crippen molar-refractivity contribution in [2.75, 3.05) is 12.7 Å². The van der Waals surface area contributed by atoms with Crippen molar-refractivity contribution in [3.63, 3.8) is 0 Å². The van der Waals surface area contributed by atoms with Gasteiger partial charge in [-0.1, -0.05) is 58.7 Å². The molecule has 20 heavy (non-hydrogen) atoms. The second-order valence-corrected chi connectivity index (χ2v) is 7.97. The van der Waals surface area contributed by atoms with Crippen LogP contribution in [0.25, 0.3) is 0 Å². The molecule has 2 heteroatoms. The second kappa shape index (κ2) is 6.52. The first kappa shape index (κ1) is 15.2. The number of nitrogens with two attached hydrogens (primary N) is 1. The fourth-order valence-electron chi connectivity index (χ4n) is 2.75. The van der Waals surface area contributed by atoms with Crippen LogP contribution in [0.1, 0.15) is 22.3 Å². The molecule has 2 rings (SSSR count). The monoisotopic (exact) mass is 285 g/mol. The van der Waals surface area contributed by atoms with Crippen LogP contribution in [0.3, 0.4) is 0 Å². The summed E-state index contributed by atoms with van der Waals surface area (Å²) >= 11 is 0. The van der Waals surface area contributed by atoms with Gasteiger partial charge in [0.1, 0.15) is 0 Å². The molecule has 0 aliphatic heterocycles. The lowest BCUT2D eigenvalue weighted by atomic mass is 10.2. The number of hydrogen-bond acceptors (Lipinski definition) is 1. The average molecular weight is 285 g/mol. The van der Waals surface area contributed by atoms with Crippen molar-refractivity contribution in [1.29, 1.82) is 0 Å². The Morgan fingerprint density at radius 2 is 1.05 bits per heavy atom. The van der Waals surface area contributed by atoms with Gasteiger partial charge < -0.3 is 5.73 Å². The Morgan fingerprint density at radius 1 is 0.700 bits per heavy atom. The number of hydrogen-bond donors (Lipinski definition) is 1. The predicted octanol–water partition coefficient (Wildman–Crippen LogP) is 3.31. The Labute approximate surface area is 124 Å². The zero-order valence-electron chi connectivity index (χ0n) is 12.9. The molecule has 0 aliphatic rings. The lowest BCUT2D eigenvalue weighted by molar-refractivity contribution is 1.14. The normalized spacial score (nSPS) is 11.1. The van der Waals surface area contributed by atoms with E-state index in [1.54, 1.807) is 0 Å². The van der Waals surface area contributed by atoms with Crippen molar-refractivity contribution in [2.24, 2.45) is 5.73 Å². The lowest BCUT2D eigenvalue weighted by Gasteiger charge is -2.20. The summed E-state index contributed by atoms with van der Waals surface area (Å²) < 4.78 is 0. The van der Waals surface area contributed by atoms with Gasteiger partial charge in [0, 0.05) is 0 Å². The molecule has 0 saturated heterocycles. The third-order valence-electron chi connectivity index (χ3n) is 3.39. The largest absolute Gasteiger partial charge is 0.330 e. The summed E-state index contributed by atoms with van der Waals surface area (Å²) in [7, 11) is -0.341. The minimum atomic E-state index is -0.341. The molecule has 0 aliphatic carbocycles. The molecular formula is C18H24NP. The van der Waals surface area contributed by atoms with Gasteiger partial charge in [-0.15, -0.1) is 0 Å². The first-order chi connectivity index (χ1) is 9.49.